The molecule has 0 atom stereocenters. The van der Waals surface area contributed by atoms with E-state index in [1.54, 1.807) is 6.92 Å². The Bertz CT molecular complexity index is 528. The second-order valence-electron chi connectivity index (χ2n) is 3.82. The average molecular weight is 268 g/mol. The van der Waals surface area contributed by atoms with Crippen LogP contribution in [0.2, 0.25) is 5.02 Å². The van der Waals surface area contributed by atoms with Gasteiger partial charge in [-0.25, -0.2) is 0 Å². The van der Waals surface area contributed by atoms with Gasteiger partial charge in [-0.15, -0.1) is 0 Å². The zero-order valence-corrected chi connectivity index (χ0v) is 10.8. The summed E-state index contributed by atoms with van der Waals surface area (Å²) in [6, 6.07) is 5.61. The first-order valence-corrected chi connectivity index (χ1v) is 5.97. The van der Waals surface area contributed by atoms with Gasteiger partial charge >= 0.3 is 0 Å². The van der Waals surface area contributed by atoms with Crippen LogP contribution >= 0.6 is 11.6 Å². The molecule has 0 saturated heterocycles. The van der Waals surface area contributed by atoms with Gasteiger partial charge in [-0.3, -0.25) is 0 Å². The van der Waals surface area contributed by atoms with E-state index in [0.717, 1.165) is 12.0 Å². The van der Waals surface area contributed by atoms with Crippen molar-refractivity contribution < 1.29 is 9.26 Å². The van der Waals surface area contributed by atoms with Crippen molar-refractivity contribution in [3.63, 3.8) is 0 Å². The Morgan fingerprint density at radius 3 is 2.89 bits per heavy atom. The maximum atomic E-state index is 6.11. The molecule has 2 rings (SSSR count). The lowest BCUT2D eigenvalue weighted by Gasteiger charge is -2.07. The van der Waals surface area contributed by atoms with Crippen LogP contribution in [0.25, 0.3) is 0 Å². The molecule has 6 heteroatoms. The van der Waals surface area contributed by atoms with Crippen molar-refractivity contribution in [2.45, 2.75) is 20.0 Å². The molecule has 96 valence electrons. The van der Waals surface area contributed by atoms with Crippen LogP contribution < -0.4 is 10.5 Å². The number of hydrogen-bond acceptors (Lipinski definition) is 5. The molecule has 18 heavy (non-hydrogen) atoms. The highest BCUT2D eigenvalue weighted by Gasteiger charge is 2.06. The van der Waals surface area contributed by atoms with E-state index in [-0.39, 0.29) is 6.61 Å². The molecule has 0 saturated carbocycles. The van der Waals surface area contributed by atoms with E-state index >= 15 is 0 Å². The molecule has 0 amide bonds. The number of aromatic nitrogens is 2. The Hall–Kier alpha value is -1.59. The standard InChI is InChI=1S/C12H14ClN3O2/c1-8-15-12(16-18-8)7-17-11-3-2-9(4-5-14)6-10(11)13/h2-3,6H,4-5,7,14H2,1H3. The third-order valence-electron chi connectivity index (χ3n) is 2.36. The van der Waals surface area contributed by atoms with Crippen molar-refractivity contribution in [1.29, 1.82) is 0 Å². The summed E-state index contributed by atoms with van der Waals surface area (Å²) in [7, 11) is 0. The number of halogens is 1. The van der Waals surface area contributed by atoms with E-state index in [4.69, 9.17) is 26.6 Å². The molecule has 2 N–H and O–H groups in total. The number of hydrogen-bond donors (Lipinski definition) is 1. The van der Waals surface area contributed by atoms with Crippen LogP contribution in [0.5, 0.6) is 5.75 Å². The van der Waals surface area contributed by atoms with Gasteiger partial charge in [0, 0.05) is 6.92 Å². The smallest absolute Gasteiger partial charge is 0.223 e. The van der Waals surface area contributed by atoms with Crippen LogP contribution in [0.3, 0.4) is 0 Å². The van der Waals surface area contributed by atoms with E-state index in [1.165, 1.54) is 0 Å². The molecule has 0 radical (unpaired) electrons. The van der Waals surface area contributed by atoms with E-state index in [2.05, 4.69) is 10.1 Å². The lowest BCUT2D eigenvalue weighted by Crippen LogP contribution is -2.03. The number of rotatable bonds is 5. The summed E-state index contributed by atoms with van der Waals surface area (Å²) < 4.78 is 10.4. The minimum atomic E-state index is 0.229. The van der Waals surface area contributed by atoms with Crippen LogP contribution in [-0.2, 0) is 13.0 Å². The van der Waals surface area contributed by atoms with Crippen molar-refractivity contribution in [2.75, 3.05) is 6.54 Å². The summed E-state index contributed by atoms with van der Waals surface area (Å²) in [4.78, 5) is 4.04. The van der Waals surface area contributed by atoms with E-state index in [9.17, 15) is 0 Å². The fourth-order valence-electron chi connectivity index (χ4n) is 1.53. The normalized spacial score (nSPS) is 10.6. The Balaban J connectivity index is 2.01. The zero-order valence-electron chi connectivity index (χ0n) is 10.0. The van der Waals surface area contributed by atoms with Crippen molar-refractivity contribution in [1.82, 2.24) is 10.1 Å². The fourth-order valence-corrected chi connectivity index (χ4v) is 1.78. The van der Waals surface area contributed by atoms with Crippen molar-refractivity contribution in [2.24, 2.45) is 5.73 Å². The molecule has 0 fully saturated rings. The average Bonchev–Trinajstić information content (AvgIpc) is 2.74. The molecule has 0 aliphatic heterocycles. The van der Waals surface area contributed by atoms with Gasteiger partial charge in [-0.1, -0.05) is 22.8 Å². The first-order valence-electron chi connectivity index (χ1n) is 5.59. The number of ether oxygens (including phenoxy) is 1. The fraction of sp³-hybridized carbons (Fsp3) is 0.333. The lowest BCUT2D eigenvalue weighted by atomic mass is 10.1. The van der Waals surface area contributed by atoms with Gasteiger partial charge in [0.2, 0.25) is 11.7 Å². The summed E-state index contributed by atoms with van der Waals surface area (Å²) in [5, 5.41) is 4.29. The number of benzene rings is 1. The van der Waals surface area contributed by atoms with Gasteiger partial charge < -0.3 is 15.0 Å². The molecular weight excluding hydrogens is 254 g/mol. The lowest BCUT2D eigenvalue weighted by molar-refractivity contribution is 0.286. The molecule has 5 nitrogen and oxygen atoms in total. The molecule has 0 spiro atoms. The Morgan fingerprint density at radius 1 is 1.44 bits per heavy atom. The minimum Gasteiger partial charge on any atom is -0.484 e. The highest BCUT2D eigenvalue weighted by molar-refractivity contribution is 6.32. The zero-order chi connectivity index (χ0) is 13.0. The van der Waals surface area contributed by atoms with E-state index in [0.29, 0.717) is 29.0 Å². The Kier molecular flexibility index (Phi) is 4.17. The van der Waals surface area contributed by atoms with Gasteiger partial charge in [0.25, 0.3) is 0 Å². The van der Waals surface area contributed by atoms with Gasteiger partial charge in [-0.2, -0.15) is 4.98 Å². The first kappa shape index (κ1) is 12.9. The van der Waals surface area contributed by atoms with Crippen LogP contribution in [0.4, 0.5) is 0 Å². The van der Waals surface area contributed by atoms with E-state index < -0.39 is 0 Å². The van der Waals surface area contributed by atoms with Gasteiger partial charge in [0.05, 0.1) is 5.02 Å². The molecule has 2 aromatic rings. The summed E-state index contributed by atoms with van der Waals surface area (Å²) in [5.74, 6) is 1.60. The highest BCUT2D eigenvalue weighted by Crippen LogP contribution is 2.26. The largest absolute Gasteiger partial charge is 0.484 e. The maximum Gasteiger partial charge on any atom is 0.223 e. The van der Waals surface area contributed by atoms with Crippen LogP contribution in [0, 0.1) is 6.92 Å². The van der Waals surface area contributed by atoms with Crippen LogP contribution in [-0.4, -0.2) is 16.7 Å². The number of aryl methyl sites for hydroxylation is 1. The molecular formula is C12H14ClN3O2. The summed E-state index contributed by atoms with van der Waals surface area (Å²) >= 11 is 6.11. The first-order chi connectivity index (χ1) is 8.69. The van der Waals surface area contributed by atoms with Crippen LogP contribution in [0.1, 0.15) is 17.3 Å². The molecule has 1 aromatic carbocycles. The molecule has 0 unspecified atom stereocenters. The Labute approximate surface area is 110 Å². The van der Waals surface area contributed by atoms with Crippen LogP contribution in [0.15, 0.2) is 22.7 Å². The number of nitrogens with zero attached hydrogens (tertiary/aromatic N) is 2. The minimum absolute atomic E-state index is 0.229. The summed E-state index contributed by atoms with van der Waals surface area (Å²) in [6.07, 6.45) is 0.796. The Morgan fingerprint density at radius 2 is 2.28 bits per heavy atom. The molecule has 0 bridgehead atoms. The van der Waals surface area contributed by atoms with Gasteiger partial charge in [0.15, 0.2) is 6.61 Å². The molecule has 1 aromatic heterocycles. The summed E-state index contributed by atoms with van der Waals surface area (Å²) in [6.45, 7) is 2.55. The van der Waals surface area contributed by atoms with E-state index in [1.807, 2.05) is 18.2 Å². The summed E-state index contributed by atoms with van der Waals surface area (Å²) in [5.41, 5.74) is 6.57. The van der Waals surface area contributed by atoms with Gasteiger partial charge in [-0.05, 0) is 30.7 Å². The predicted octanol–water partition coefficient (Wildman–Crippen LogP) is 2.11. The number of nitrogens with two attached hydrogens (primary N) is 1. The topological polar surface area (TPSA) is 74.2 Å². The molecule has 0 aliphatic carbocycles. The third-order valence-corrected chi connectivity index (χ3v) is 2.65. The van der Waals surface area contributed by atoms with Crippen molar-refractivity contribution >= 4 is 11.6 Å². The molecule has 1 heterocycles. The highest BCUT2D eigenvalue weighted by atomic mass is 35.5. The van der Waals surface area contributed by atoms with Crippen molar-refractivity contribution in [3.05, 3.63) is 40.5 Å². The predicted molar refractivity (Wildman–Crippen MR) is 67.6 cm³/mol. The van der Waals surface area contributed by atoms with Gasteiger partial charge in [0.1, 0.15) is 5.75 Å². The monoisotopic (exact) mass is 267 g/mol. The third kappa shape index (κ3) is 3.21. The second-order valence-corrected chi connectivity index (χ2v) is 4.23. The van der Waals surface area contributed by atoms with Crippen molar-refractivity contribution in [3.8, 4) is 5.75 Å². The maximum absolute atomic E-state index is 6.11. The quantitative estimate of drug-likeness (QED) is 0.898. The SMILES string of the molecule is Cc1nc(COc2ccc(CCN)cc2Cl)no1. The molecule has 0 aliphatic rings. The second kappa shape index (κ2) is 5.84.